The van der Waals surface area contributed by atoms with Crippen LogP contribution in [0.3, 0.4) is 0 Å². The monoisotopic (exact) mass is 417 g/mol. The molecule has 0 rings (SSSR count). The van der Waals surface area contributed by atoms with Gasteiger partial charge in [0.1, 0.15) is 18.6 Å². The summed E-state index contributed by atoms with van der Waals surface area (Å²) in [6.07, 6.45) is -1.20. The van der Waals surface area contributed by atoms with Crippen LogP contribution in [0.4, 0.5) is 0 Å². The molecule has 0 bridgehead atoms. The fourth-order valence-electron chi connectivity index (χ4n) is 2.34. The van der Waals surface area contributed by atoms with Crippen LogP contribution >= 0.6 is 0 Å². The molecule has 0 aliphatic rings. The van der Waals surface area contributed by atoms with Crippen molar-refractivity contribution >= 4 is 29.6 Å². The second-order valence-corrected chi connectivity index (χ2v) is 7.14. The molecule has 0 spiro atoms. The molecule has 0 aromatic rings. The van der Waals surface area contributed by atoms with Crippen molar-refractivity contribution in [3.63, 3.8) is 0 Å². The van der Waals surface area contributed by atoms with Crippen LogP contribution < -0.4 is 27.4 Å². The van der Waals surface area contributed by atoms with E-state index in [1.165, 1.54) is 6.92 Å². The summed E-state index contributed by atoms with van der Waals surface area (Å²) in [7, 11) is 0. The van der Waals surface area contributed by atoms with E-state index in [1.807, 2.05) is 13.8 Å². The standard InChI is InChI=1S/C17H31N5O7/c1-8(2)6-11(21-15(27)10(18)4-5-12(19)24)16(28)22-14(9(3)23)17(29)20-7-13(25)26/h8-11,14,23H,4-7,18H2,1-3H3,(H2,19,24)(H,20,29)(H,21,27)(H,22,28)(H,25,26). The molecule has 4 atom stereocenters. The maximum atomic E-state index is 12.6. The molecule has 0 fully saturated rings. The number of nitrogens with one attached hydrogen (secondary N) is 3. The maximum absolute atomic E-state index is 12.6. The van der Waals surface area contributed by atoms with Crippen molar-refractivity contribution in [2.75, 3.05) is 6.54 Å². The van der Waals surface area contributed by atoms with Crippen LogP contribution in [-0.2, 0) is 24.0 Å². The van der Waals surface area contributed by atoms with E-state index < -0.39 is 60.4 Å². The minimum atomic E-state index is -1.42. The highest BCUT2D eigenvalue weighted by atomic mass is 16.4. The van der Waals surface area contributed by atoms with E-state index in [2.05, 4.69) is 16.0 Å². The number of hydrogen-bond donors (Lipinski definition) is 7. The van der Waals surface area contributed by atoms with E-state index in [-0.39, 0.29) is 25.2 Å². The van der Waals surface area contributed by atoms with E-state index in [0.717, 1.165) is 0 Å². The van der Waals surface area contributed by atoms with Gasteiger partial charge in [-0.2, -0.15) is 0 Å². The first-order chi connectivity index (χ1) is 13.3. The Hall–Kier alpha value is -2.73. The van der Waals surface area contributed by atoms with Gasteiger partial charge < -0.3 is 37.6 Å². The Morgan fingerprint density at radius 2 is 1.55 bits per heavy atom. The van der Waals surface area contributed by atoms with E-state index >= 15 is 0 Å². The number of rotatable bonds is 13. The Bertz CT molecular complexity index is 609. The smallest absolute Gasteiger partial charge is 0.322 e. The lowest BCUT2D eigenvalue weighted by Gasteiger charge is -2.26. The Morgan fingerprint density at radius 3 is 2.00 bits per heavy atom. The molecule has 166 valence electrons. The normalized spacial score (nSPS) is 15.0. The number of carbonyl (C=O) groups excluding carboxylic acids is 4. The number of aliphatic carboxylic acids is 1. The van der Waals surface area contributed by atoms with Crippen molar-refractivity contribution in [2.24, 2.45) is 17.4 Å². The zero-order chi connectivity index (χ0) is 22.7. The van der Waals surface area contributed by atoms with Gasteiger partial charge in [-0.1, -0.05) is 13.8 Å². The van der Waals surface area contributed by atoms with Crippen LogP contribution in [0.5, 0.6) is 0 Å². The number of primary amides is 1. The summed E-state index contributed by atoms with van der Waals surface area (Å²) in [6, 6.07) is -3.54. The quantitative estimate of drug-likeness (QED) is 0.165. The van der Waals surface area contributed by atoms with Crippen molar-refractivity contribution in [3.05, 3.63) is 0 Å². The Morgan fingerprint density at radius 1 is 0.966 bits per heavy atom. The Kier molecular flexibility index (Phi) is 11.5. The maximum Gasteiger partial charge on any atom is 0.322 e. The third-order valence-corrected chi connectivity index (χ3v) is 3.86. The van der Waals surface area contributed by atoms with E-state index in [4.69, 9.17) is 16.6 Å². The van der Waals surface area contributed by atoms with Gasteiger partial charge in [0, 0.05) is 6.42 Å². The van der Waals surface area contributed by atoms with Crippen LogP contribution in [-0.4, -0.2) is 70.6 Å². The molecule has 9 N–H and O–H groups in total. The van der Waals surface area contributed by atoms with E-state index in [9.17, 15) is 29.1 Å². The molecule has 0 saturated heterocycles. The lowest BCUT2D eigenvalue weighted by Crippen LogP contribution is -2.58. The van der Waals surface area contributed by atoms with Crippen LogP contribution in [0.15, 0.2) is 0 Å². The number of carbonyl (C=O) groups is 5. The number of aliphatic hydroxyl groups excluding tert-OH is 1. The van der Waals surface area contributed by atoms with Crippen molar-refractivity contribution in [1.29, 1.82) is 0 Å². The molecule has 0 heterocycles. The summed E-state index contributed by atoms with van der Waals surface area (Å²) in [4.78, 5) is 58.3. The van der Waals surface area contributed by atoms with Gasteiger partial charge in [-0.05, 0) is 25.7 Å². The zero-order valence-electron chi connectivity index (χ0n) is 16.8. The van der Waals surface area contributed by atoms with Gasteiger partial charge in [-0.3, -0.25) is 24.0 Å². The third-order valence-electron chi connectivity index (χ3n) is 3.86. The first-order valence-electron chi connectivity index (χ1n) is 9.17. The van der Waals surface area contributed by atoms with Crippen LogP contribution in [0.2, 0.25) is 0 Å². The summed E-state index contributed by atoms with van der Waals surface area (Å²) in [6.45, 7) is 4.19. The molecule has 0 saturated carbocycles. The molecule has 0 radical (unpaired) electrons. The highest BCUT2D eigenvalue weighted by Crippen LogP contribution is 2.07. The number of amides is 4. The predicted octanol–water partition coefficient (Wildman–Crippen LogP) is -2.82. The number of carboxylic acids is 1. The average Bonchev–Trinajstić information content (AvgIpc) is 2.60. The molecule has 0 aliphatic heterocycles. The van der Waals surface area contributed by atoms with E-state index in [1.54, 1.807) is 0 Å². The summed E-state index contributed by atoms with van der Waals surface area (Å²) >= 11 is 0. The molecule has 12 nitrogen and oxygen atoms in total. The first-order valence-corrected chi connectivity index (χ1v) is 9.17. The highest BCUT2D eigenvalue weighted by Gasteiger charge is 2.31. The molecular formula is C17H31N5O7. The summed E-state index contributed by atoms with van der Waals surface area (Å²) < 4.78 is 0. The largest absolute Gasteiger partial charge is 0.480 e. The van der Waals surface area contributed by atoms with Gasteiger partial charge in [-0.15, -0.1) is 0 Å². The molecule has 0 aromatic carbocycles. The summed E-state index contributed by atoms with van der Waals surface area (Å²) in [5.74, 6) is -4.22. The average molecular weight is 417 g/mol. The van der Waals surface area contributed by atoms with Crippen molar-refractivity contribution in [1.82, 2.24) is 16.0 Å². The molecule has 4 amide bonds. The van der Waals surface area contributed by atoms with Gasteiger partial charge in [-0.25, -0.2) is 0 Å². The fourth-order valence-corrected chi connectivity index (χ4v) is 2.34. The second-order valence-electron chi connectivity index (χ2n) is 7.14. The summed E-state index contributed by atoms with van der Waals surface area (Å²) in [5, 5.41) is 25.3. The molecular weight excluding hydrogens is 386 g/mol. The minimum absolute atomic E-state index is 0.00504. The van der Waals surface area contributed by atoms with Crippen LogP contribution in [0.1, 0.15) is 40.0 Å². The van der Waals surface area contributed by atoms with Gasteiger partial charge >= 0.3 is 5.97 Å². The molecule has 29 heavy (non-hydrogen) atoms. The van der Waals surface area contributed by atoms with Crippen LogP contribution in [0, 0.1) is 5.92 Å². The van der Waals surface area contributed by atoms with E-state index in [0.29, 0.717) is 0 Å². The zero-order valence-corrected chi connectivity index (χ0v) is 16.8. The molecule has 0 aliphatic carbocycles. The van der Waals surface area contributed by atoms with Gasteiger partial charge in [0.2, 0.25) is 23.6 Å². The third kappa shape index (κ3) is 11.0. The Labute approximate surface area is 168 Å². The highest BCUT2D eigenvalue weighted by molar-refractivity contribution is 5.94. The van der Waals surface area contributed by atoms with Crippen molar-refractivity contribution in [2.45, 2.75) is 64.3 Å². The van der Waals surface area contributed by atoms with Crippen molar-refractivity contribution in [3.8, 4) is 0 Å². The SMILES string of the molecule is CC(C)CC(NC(=O)C(N)CCC(N)=O)C(=O)NC(C(=O)NCC(=O)O)C(C)O. The number of carboxylic acid groups (broad SMARTS) is 1. The summed E-state index contributed by atoms with van der Waals surface area (Å²) in [5.41, 5.74) is 10.7. The van der Waals surface area contributed by atoms with Crippen LogP contribution in [0.25, 0.3) is 0 Å². The topological polar surface area (TPSA) is 214 Å². The number of hydrogen-bond acceptors (Lipinski definition) is 7. The fraction of sp³-hybridized carbons (Fsp3) is 0.706. The lowest BCUT2D eigenvalue weighted by atomic mass is 10.0. The number of aliphatic hydroxyl groups is 1. The molecule has 0 aromatic heterocycles. The molecule has 4 unspecified atom stereocenters. The Balaban J connectivity index is 5.15. The lowest BCUT2D eigenvalue weighted by molar-refractivity contribution is -0.139. The van der Waals surface area contributed by atoms with Crippen molar-refractivity contribution < 1.29 is 34.2 Å². The van der Waals surface area contributed by atoms with Gasteiger partial charge in [0.15, 0.2) is 0 Å². The first kappa shape index (κ1) is 26.3. The minimum Gasteiger partial charge on any atom is -0.480 e. The second kappa shape index (κ2) is 12.7. The number of nitrogens with two attached hydrogens (primary N) is 2. The van der Waals surface area contributed by atoms with Gasteiger partial charge in [0.25, 0.3) is 0 Å². The predicted molar refractivity (Wildman–Crippen MR) is 102 cm³/mol. The van der Waals surface area contributed by atoms with Gasteiger partial charge in [0.05, 0.1) is 12.1 Å². The molecule has 12 heteroatoms.